The number of rotatable bonds is 5. The van der Waals surface area contributed by atoms with Crippen molar-refractivity contribution in [3.63, 3.8) is 0 Å². The fraction of sp³-hybridized carbons (Fsp3) is 0.238. The van der Waals surface area contributed by atoms with Crippen molar-refractivity contribution in [3.8, 4) is 12.3 Å². The lowest BCUT2D eigenvalue weighted by atomic mass is 10.1. The summed E-state index contributed by atoms with van der Waals surface area (Å²) in [5.74, 6) is 1.60. The number of amides is 1. The topological polar surface area (TPSA) is 68.5 Å². The average molecular weight is 431 g/mol. The van der Waals surface area contributed by atoms with Crippen molar-refractivity contribution in [1.29, 1.82) is 0 Å². The van der Waals surface area contributed by atoms with E-state index in [-0.39, 0.29) is 17.9 Å². The summed E-state index contributed by atoms with van der Waals surface area (Å²) >= 11 is 1.19. The molecule has 0 spiro atoms. The maximum atomic E-state index is 14.2. The zero-order chi connectivity index (χ0) is 21.2. The van der Waals surface area contributed by atoms with Crippen LogP contribution in [-0.2, 0) is 27.6 Å². The molecule has 0 unspecified atom stereocenters. The van der Waals surface area contributed by atoms with Crippen LogP contribution in [0, 0.1) is 18.2 Å². The van der Waals surface area contributed by atoms with Crippen LogP contribution in [-0.4, -0.2) is 24.1 Å². The summed E-state index contributed by atoms with van der Waals surface area (Å²) in [6, 6.07) is 10.8. The number of aromatic nitrogens is 1. The lowest BCUT2D eigenvalue weighted by molar-refractivity contribution is -0.117. The van der Waals surface area contributed by atoms with Crippen LogP contribution in [0.5, 0.6) is 0 Å². The molecule has 0 N–H and O–H groups in total. The van der Waals surface area contributed by atoms with Gasteiger partial charge in [-0.15, -0.1) is 6.42 Å². The van der Waals surface area contributed by atoms with Gasteiger partial charge in [0.25, 0.3) is 5.91 Å². The summed E-state index contributed by atoms with van der Waals surface area (Å²) in [6.07, 6.45) is 5.39. The molecule has 3 aromatic rings. The highest BCUT2D eigenvalue weighted by molar-refractivity contribution is 7.92. The van der Waals surface area contributed by atoms with E-state index in [1.807, 2.05) is 0 Å². The molecule has 29 heavy (non-hydrogen) atoms. The summed E-state index contributed by atoms with van der Waals surface area (Å²) < 4.78 is 40.7. The second-order valence-electron chi connectivity index (χ2n) is 6.68. The Bertz CT molecular complexity index is 1280. The monoisotopic (exact) mass is 430 g/mol. The smallest absolute Gasteiger partial charge is 0.252 e. The lowest BCUT2D eigenvalue weighted by Crippen LogP contribution is -2.17. The zero-order valence-electron chi connectivity index (χ0n) is 15.9. The minimum Gasteiger partial charge on any atom is -0.302 e. The molecule has 0 fully saturated rings. The highest BCUT2D eigenvalue weighted by Crippen LogP contribution is 2.20. The van der Waals surface area contributed by atoms with Crippen LogP contribution in [0.25, 0.3) is 10.2 Å². The summed E-state index contributed by atoms with van der Waals surface area (Å²) in [5, 5.41) is -0.523. The number of fused-ring (bicyclic) bond motifs is 1. The van der Waals surface area contributed by atoms with Gasteiger partial charge in [0.15, 0.2) is 14.6 Å². The number of carbonyl (C=O) groups excluding carboxylic acids is 1. The third kappa shape index (κ3) is 4.31. The maximum Gasteiger partial charge on any atom is 0.252 e. The molecule has 150 valence electrons. The standard InChI is InChI=1S/C21H19FN2O3S2/c1-4-12-24-20-17(22)6-5-7-18(20)28-21(24)23-19(25)13-15-8-10-16(11-9-15)29(26,27)14(2)3/h1,5-11,14H,12-13H2,2-3H3. The summed E-state index contributed by atoms with van der Waals surface area (Å²) in [7, 11) is -3.37. The number of halogens is 1. The molecule has 0 aliphatic carbocycles. The zero-order valence-corrected chi connectivity index (χ0v) is 17.6. The van der Waals surface area contributed by atoms with Crippen LogP contribution in [0.4, 0.5) is 4.39 Å². The van der Waals surface area contributed by atoms with Crippen LogP contribution in [0.3, 0.4) is 0 Å². The number of thiazole rings is 1. The van der Waals surface area contributed by atoms with Crippen LogP contribution in [0.2, 0.25) is 0 Å². The fourth-order valence-corrected chi connectivity index (χ4v) is 4.92. The van der Waals surface area contributed by atoms with E-state index >= 15 is 0 Å². The van der Waals surface area contributed by atoms with Crippen molar-refractivity contribution in [2.45, 2.75) is 37.0 Å². The first-order valence-electron chi connectivity index (χ1n) is 8.85. The number of carbonyl (C=O) groups is 1. The molecule has 0 radical (unpaired) electrons. The van der Waals surface area contributed by atoms with E-state index in [1.54, 1.807) is 38.1 Å². The van der Waals surface area contributed by atoms with E-state index in [4.69, 9.17) is 6.42 Å². The molecule has 2 aromatic carbocycles. The second-order valence-corrected chi connectivity index (χ2v) is 10.2. The predicted octanol–water partition coefficient (Wildman–Crippen LogP) is 3.33. The van der Waals surface area contributed by atoms with Gasteiger partial charge >= 0.3 is 0 Å². The van der Waals surface area contributed by atoms with E-state index in [1.165, 1.54) is 34.1 Å². The number of para-hydroxylation sites is 1. The number of terminal acetylenes is 1. The van der Waals surface area contributed by atoms with Crippen LogP contribution in [0.15, 0.2) is 52.4 Å². The highest BCUT2D eigenvalue weighted by atomic mass is 32.2. The van der Waals surface area contributed by atoms with E-state index in [2.05, 4.69) is 10.9 Å². The Morgan fingerprint density at radius 3 is 2.55 bits per heavy atom. The largest absolute Gasteiger partial charge is 0.302 e. The van der Waals surface area contributed by atoms with Gasteiger partial charge in [-0.05, 0) is 43.7 Å². The molecular formula is C21H19FN2O3S2. The molecule has 0 aliphatic heterocycles. The minimum absolute atomic E-state index is 0.00517. The quantitative estimate of drug-likeness (QED) is 0.583. The normalized spacial score (nSPS) is 12.4. The van der Waals surface area contributed by atoms with E-state index < -0.39 is 26.8 Å². The minimum atomic E-state index is -3.37. The Labute approximate surface area is 172 Å². The van der Waals surface area contributed by atoms with Crippen molar-refractivity contribution in [1.82, 2.24) is 4.57 Å². The van der Waals surface area contributed by atoms with Gasteiger partial charge in [-0.2, -0.15) is 4.99 Å². The average Bonchev–Trinajstić information content (AvgIpc) is 3.00. The third-order valence-corrected chi connectivity index (χ3v) is 7.56. The molecule has 0 bridgehead atoms. The van der Waals surface area contributed by atoms with Gasteiger partial charge in [0.1, 0.15) is 5.82 Å². The van der Waals surface area contributed by atoms with Gasteiger partial charge in [-0.1, -0.05) is 35.5 Å². The van der Waals surface area contributed by atoms with Crippen LogP contribution in [0.1, 0.15) is 19.4 Å². The first kappa shape index (κ1) is 21.0. The van der Waals surface area contributed by atoms with Crippen molar-refractivity contribution in [3.05, 3.63) is 58.6 Å². The van der Waals surface area contributed by atoms with Crippen LogP contribution >= 0.6 is 11.3 Å². The van der Waals surface area contributed by atoms with Gasteiger partial charge in [-0.3, -0.25) is 4.79 Å². The Morgan fingerprint density at radius 1 is 1.24 bits per heavy atom. The van der Waals surface area contributed by atoms with Crippen molar-refractivity contribution >= 4 is 37.3 Å². The fourth-order valence-electron chi connectivity index (χ4n) is 2.80. The summed E-state index contributed by atoms with van der Waals surface area (Å²) in [4.78, 5) is 17.1. The molecule has 1 aromatic heterocycles. The summed E-state index contributed by atoms with van der Waals surface area (Å²) in [6.45, 7) is 3.32. The molecular weight excluding hydrogens is 411 g/mol. The number of hydrogen-bond donors (Lipinski definition) is 0. The number of benzene rings is 2. The Balaban J connectivity index is 1.91. The molecule has 1 amide bonds. The summed E-state index contributed by atoms with van der Waals surface area (Å²) in [5.41, 5.74) is 0.961. The molecule has 5 nitrogen and oxygen atoms in total. The Kier molecular flexibility index (Phi) is 6.01. The Hall–Kier alpha value is -2.76. The van der Waals surface area contributed by atoms with Gasteiger partial charge in [0.05, 0.1) is 33.3 Å². The van der Waals surface area contributed by atoms with Gasteiger partial charge in [0.2, 0.25) is 0 Å². The van der Waals surface area contributed by atoms with Crippen molar-refractivity contribution in [2.24, 2.45) is 4.99 Å². The number of nitrogens with zero attached hydrogens (tertiary/aromatic N) is 2. The molecule has 0 atom stereocenters. The van der Waals surface area contributed by atoms with E-state index in [0.717, 1.165) is 0 Å². The highest BCUT2D eigenvalue weighted by Gasteiger charge is 2.19. The van der Waals surface area contributed by atoms with Gasteiger partial charge < -0.3 is 4.57 Å². The molecule has 3 rings (SSSR count). The van der Waals surface area contributed by atoms with E-state index in [0.29, 0.717) is 20.6 Å². The number of sulfone groups is 1. The first-order chi connectivity index (χ1) is 13.7. The molecule has 0 saturated heterocycles. The molecule has 8 heteroatoms. The predicted molar refractivity (Wildman–Crippen MR) is 112 cm³/mol. The van der Waals surface area contributed by atoms with Gasteiger partial charge in [-0.25, -0.2) is 12.8 Å². The lowest BCUT2D eigenvalue weighted by Gasteiger charge is -2.08. The first-order valence-corrected chi connectivity index (χ1v) is 11.2. The Morgan fingerprint density at radius 2 is 1.93 bits per heavy atom. The van der Waals surface area contributed by atoms with Crippen molar-refractivity contribution in [2.75, 3.05) is 0 Å². The second kappa shape index (κ2) is 8.31. The van der Waals surface area contributed by atoms with Crippen molar-refractivity contribution < 1.29 is 17.6 Å². The molecule has 1 heterocycles. The van der Waals surface area contributed by atoms with Gasteiger partial charge in [0, 0.05) is 0 Å². The third-order valence-electron chi connectivity index (χ3n) is 4.35. The number of hydrogen-bond acceptors (Lipinski definition) is 4. The molecule has 0 saturated carbocycles. The van der Waals surface area contributed by atoms with E-state index in [9.17, 15) is 17.6 Å². The SMILES string of the molecule is C#CCn1c(=NC(=O)Cc2ccc(S(=O)(=O)C(C)C)cc2)sc2cccc(F)c21. The molecule has 0 aliphatic rings. The maximum absolute atomic E-state index is 14.2. The van der Waals surface area contributed by atoms with Crippen LogP contribution < -0.4 is 4.80 Å².